The number of halogens is 1. The van der Waals surface area contributed by atoms with Crippen LogP contribution < -0.4 is 10.6 Å². The Balaban J connectivity index is 2.05. The lowest BCUT2D eigenvalue weighted by atomic mass is 10.3. The zero-order valence-corrected chi connectivity index (χ0v) is 11.5. The van der Waals surface area contributed by atoms with E-state index in [-0.39, 0.29) is 6.54 Å². The maximum Gasteiger partial charge on any atom is 0.319 e. The van der Waals surface area contributed by atoms with Crippen LogP contribution in [0.5, 0.6) is 0 Å². The normalized spacial score (nSPS) is 12.4. The molecule has 4 N–H and O–H groups in total. The van der Waals surface area contributed by atoms with E-state index >= 15 is 0 Å². The molecule has 0 spiro atoms. The molecular formula is C12H13ClN2O3S. The molecule has 1 heterocycles. The number of aliphatic hydroxyl groups is 2. The lowest BCUT2D eigenvalue weighted by Gasteiger charge is -2.09. The van der Waals surface area contributed by atoms with Gasteiger partial charge in [-0.05, 0) is 6.07 Å². The van der Waals surface area contributed by atoms with E-state index in [0.717, 1.165) is 10.1 Å². The summed E-state index contributed by atoms with van der Waals surface area (Å²) in [5, 5.41) is 24.8. The number of benzene rings is 1. The Labute approximate surface area is 118 Å². The zero-order chi connectivity index (χ0) is 13.8. The van der Waals surface area contributed by atoms with E-state index in [1.807, 2.05) is 24.3 Å². The molecule has 0 aliphatic heterocycles. The predicted molar refractivity (Wildman–Crippen MR) is 76.9 cm³/mol. The minimum Gasteiger partial charge on any atom is -0.394 e. The van der Waals surface area contributed by atoms with Crippen molar-refractivity contribution in [3.05, 3.63) is 29.3 Å². The van der Waals surface area contributed by atoms with Gasteiger partial charge in [0.1, 0.15) is 5.00 Å². The first-order valence-corrected chi connectivity index (χ1v) is 6.82. The fourth-order valence-electron chi connectivity index (χ4n) is 1.52. The van der Waals surface area contributed by atoms with Crippen LogP contribution in [0.15, 0.2) is 24.3 Å². The van der Waals surface area contributed by atoms with Crippen LogP contribution >= 0.6 is 22.9 Å². The van der Waals surface area contributed by atoms with Gasteiger partial charge < -0.3 is 15.5 Å². The molecule has 5 nitrogen and oxygen atoms in total. The van der Waals surface area contributed by atoms with Crippen molar-refractivity contribution in [3.63, 3.8) is 0 Å². The molecule has 0 saturated heterocycles. The van der Waals surface area contributed by atoms with E-state index in [1.54, 1.807) is 0 Å². The number of thiophene rings is 1. The van der Waals surface area contributed by atoms with Gasteiger partial charge in [0, 0.05) is 16.6 Å². The molecule has 0 fully saturated rings. The number of carbonyl (C=O) groups is 1. The molecule has 0 unspecified atom stereocenters. The smallest absolute Gasteiger partial charge is 0.319 e. The zero-order valence-electron chi connectivity index (χ0n) is 9.89. The lowest BCUT2D eigenvalue weighted by molar-refractivity contribution is 0.0965. The highest BCUT2D eigenvalue weighted by molar-refractivity contribution is 7.23. The van der Waals surface area contributed by atoms with Crippen molar-refractivity contribution in [1.82, 2.24) is 5.32 Å². The number of anilines is 1. The summed E-state index contributed by atoms with van der Waals surface area (Å²) < 4.78 is 0.984. The molecule has 1 atom stereocenters. The fourth-order valence-corrected chi connectivity index (χ4v) is 2.89. The van der Waals surface area contributed by atoms with E-state index in [9.17, 15) is 4.79 Å². The molecule has 19 heavy (non-hydrogen) atoms. The highest BCUT2D eigenvalue weighted by Crippen LogP contribution is 2.39. The van der Waals surface area contributed by atoms with Crippen LogP contribution in [0.1, 0.15) is 0 Å². The van der Waals surface area contributed by atoms with E-state index < -0.39 is 18.7 Å². The predicted octanol–water partition coefficient (Wildman–Crippen LogP) is 2.03. The van der Waals surface area contributed by atoms with Gasteiger partial charge in [-0.1, -0.05) is 29.8 Å². The third-order valence-corrected chi connectivity index (χ3v) is 4.06. The van der Waals surface area contributed by atoms with Crippen LogP contribution in [0.25, 0.3) is 10.1 Å². The van der Waals surface area contributed by atoms with E-state index in [0.29, 0.717) is 10.0 Å². The molecule has 0 radical (unpaired) electrons. The molecule has 7 heteroatoms. The number of fused-ring (bicyclic) bond motifs is 1. The minimum absolute atomic E-state index is 0.0230. The minimum atomic E-state index is -0.969. The second kappa shape index (κ2) is 6.21. The summed E-state index contributed by atoms with van der Waals surface area (Å²) in [4.78, 5) is 11.6. The van der Waals surface area contributed by atoms with Gasteiger partial charge in [-0.2, -0.15) is 0 Å². The van der Waals surface area contributed by atoms with Crippen molar-refractivity contribution in [1.29, 1.82) is 0 Å². The molecule has 0 aliphatic carbocycles. The summed E-state index contributed by atoms with van der Waals surface area (Å²) in [5.41, 5.74) is 0. The first-order valence-electron chi connectivity index (χ1n) is 5.62. The van der Waals surface area contributed by atoms with Crippen molar-refractivity contribution in [2.24, 2.45) is 0 Å². The summed E-state index contributed by atoms with van der Waals surface area (Å²) in [5.74, 6) is 0. The number of nitrogens with one attached hydrogen (secondary N) is 2. The lowest BCUT2D eigenvalue weighted by Crippen LogP contribution is -2.36. The van der Waals surface area contributed by atoms with Gasteiger partial charge in [-0.3, -0.25) is 5.32 Å². The molecule has 2 amide bonds. The Morgan fingerprint density at radius 1 is 1.42 bits per heavy atom. The largest absolute Gasteiger partial charge is 0.394 e. The Morgan fingerprint density at radius 2 is 2.16 bits per heavy atom. The molecule has 0 bridgehead atoms. The Bertz CT molecular complexity index is 587. The third kappa shape index (κ3) is 3.36. The monoisotopic (exact) mass is 300 g/mol. The summed E-state index contributed by atoms with van der Waals surface area (Å²) in [7, 11) is 0. The first-order chi connectivity index (χ1) is 9.11. The molecule has 1 aromatic heterocycles. The van der Waals surface area contributed by atoms with Crippen LogP contribution in [-0.4, -0.2) is 35.5 Å². The quantitative estimate of drug-likeness (QED) is 0.697. The molecule has 2 aromatic rings. The van der Waals surface area contributed by atoms with Gasteiger partial charge in [-0.15, -0.1) is 11.3 Å². The van der Waals surface area contributed by atoms with E-state index in [4.69, 9.17) is 21.8 Å². The number of hydrogen-bond acceptors (Lipinski definition) is 4. The van der Waals surface area contributed by atoms with Crippen molar-refractivity contribution in [2.45, 2.75) is 6.10 Å². The maximum absolute atomic E-state index is 11.6. The highest BCUT2D eigenvalue weighted by atomic mass is 35.5. The third-order valence-electron chi connectivity index (χ3n) is 2.47. The Kier molecular flexibility index (Phi) is 4.60. The summed E-state index contributed by atoms with van der Waals surface area (Å²) in [6, 6.07) is 7.11. The van der Waals surface area contributed by atoms with Gasteiger partial charge in [0.25, 0.3) is 0 Å². The van der Waals surface area contributed by atoms with Crippen molar-refractivity contribution >= 4 is 44.1 Å². The average molecular weight is 301 g/mol. The molecule has 1 aromatic carbocycles. The van der Waals surface area contributed by atoms with Gasteiger partial charge >= 0.3 is 6.03 Å². The number of carbonyl (C=O) groups excluding carboxylic acids is 1. The van der Waals surface area contributed by atoms with Crippen molar-refractivity contribution in [2.75, 3.05) is 18.5 Å². The second-order valence-electron chi connectivity index (χ2n) is 3.91. The summed E-state index contributed by atoms with van der Waals surface area (Å²) >= 11 is 7.55. The Hall–Kier alpha value is -1.34. The van der Waals surface area contributed by atoms with E-state index in [1.165, 1.54) is 11.3 Å². The summed E-state index contributed by atoms with van der Waals surface area (Å²) in [6.07, 6.45) is -0.969. The number of urea groups is 1. The molecule has 0 aliphatic rings. The standard InChI is InChI=1S/C12H13ClN2O3S/c13-10-8-3-1-2-4-9(8)19-11(10)15-12(18)14-5-7(17)6-16/h1-4,7,16-17H,5-6H2,(H2,14,15,18)/t7-/m0/s1. The second-order valence-corrected chi connectivity index (χ2v) is 5.34. The van der Waals surface area contributed by atoms with Gasteiger partial charge in [0.05, 0.1) is 17.7 Å². The van der Waals surface area contributed by atoms with Crippen LogP contribution in [0.2, 0.25) is 5.02 Å². The van der Waals surface area contributed by atoms with Crippen LogP contribution in [0, 0.1) is 0 Å². The SMILES string of the molecule is O=C(NC[C@H](O)CO)Nc1sc2ccccc2c1Cl. The number of rotatable bonds is 4. The number of hydrogen-bond donors (Lipinski definition) is 4. The molecule has 0 saturated carbocycles. The topological polar surface area (TPSA) is 81.6 Å². The number of amides is 2. The average Bonchev–Trinajstić information content (AvgIpc) is 2.73. The molecule has 102 valence electrons. The van der Waals surface area contributed by atoms with Crippen molar-refractivity contribution < 1.29 is 15.0 Å². The van der Waals surface area contributed by atoms with Gasteiger partial charge in [-0.25, -0.2) is 4.79 Å². The van der Waals surface area contributed by atoms with Crippen LogP contribution in [-0.2, 0) is 0 Å². The van der Waals surface area contributed by atoms with E-state index in [2.05, 4.69) is 10.6 Å². The van der Waals surface area contributed by atoms with Crippen LogP contribution in [0.3, 0.4) is 0 Å². The van der Waals surface area contributed by atoms with Crippen LogP contribution in [0.4, 0.5) is 9.80 Å². The summed E-state index contributed by atoms with van der Waals surface area (Å²) in [6.45, 7) is -0.422. The van der Waals surface area contributed by atoms with Crippen molar-refractivity contribution in [3.8, 4) is 0 Å². The first kappa shape index (κ1) is 14.1. The van der Waals surface area contributed by atoms with Gasteiger partial charge in [0.15, 0.2) is 0 Å². The Morgan fingerprint density at radius 3 is 2.84 bits per heavy atom. The maximum atomic E-state index is 11.6. The molecular weight excluding hydrogens is 288 g/mol. The molecule has 2 rings (SSSR count). The fraction of sp³-hybridized carbons (Fsp3) is 0.250. The number of aliphatic hydroxyl groups excluding tert-OH is 2. The highest BCUT2D eigenvalue weighted by Gasteiger charge is 2.12. The van der Waals surface area contributed by atoms with Gasteiger partial charge in [0.2, 0.25) is 0 Å².